The third-order valence-corrected chi connectivity index (χ3v) is 3.52. The molecule has 0 amide bonds. The first-order valence-electron chi connectivity index (χ1n) is 6.03. The molecule has 1 nitrogen and oxygen atoms in total. The average Bonchev–Trinajstić information content (AvgIpc) is 2.77. The van der Waals surface area contributed by atoms with Gasteiger partial charge in [0, 0.05) is 17.4 Å². The van der Waals surface area contributed by atoms with Crippen LogP contribution in [0.25, 0.3) is 27.8 Å². The van der Waals surface area contributed by atoms with Gasteiger partial charge in [0.15, 0.2) is 0 Å². The smallest absolute Gasteiger partial charge is 0.135 e. The van der Waals surface area contributed by atoms with E-state index in [2.05, 4.69) is 48.6 Å². The summed E-state index contributed by atoms with van der Waals surface area (Å²) in [6, 6.07) is 12.7. The zero-order valence-corrected chi connectivity index (χ0v) is 9.44. The highest BCUT2D eigenvalue weighted by molar-refractivity contribution is 6.10. The minimum atomic E-state index is 1.01. The van der Waals surface area contributed by atoms with Crippen LogP contribution in [0.15, 0.2) is 46.9 Å². The van der Waals surface area contributed by atoms with E-state index in [1.807, 2.05) is 0 Å². The van der Waals surface area contributed by atoms with Crippen LogP contribution in [0.3, 0.4) is 0 Å². The summed E-state index contributed by atoms with van der Waals surface area (Å²) in [5.41, 5.74) is 2.29. The largest absolute Gasteiger partial charge is 0.460 e. The number of rotatable bonds is 0. The van der Waals surface area contributed by atoms with E-state index in [4.69, 9.17) is 4.42 Å². The number of hydrogen-bond donors (Lipinski definition) is 0. The Labute approximate surface area is 99.4 Å². The molecule has 1 aliphatic rings. The molecule has 4 rings (SSSR count). The van der Waals surface area contributed by atoms with E-state index < -0.39 is 0 Å². The van der Waals surface area contributed by atoms with Crippen molar-refractivity contribution in [3.8, 4) is 0 Å². The maximum atomic E-state index is 5.95. The van der Waals surface area contributed by atoms with Crippen LogP contribution in [0, 0.1) is 0 Å². The predicted molar refractivity (Wildman–Crippen MR) is 71.1 cm³/mol. The maximum Gasteiger partial charge on any atom is 0.135 e. The molecule has 1 heteroatoms. The first kappa shape index (κ1) is 9.06. The highest BCUT2D eigenvalue weighted by Gasteiger charge is 2.15. The van der Waals surface area contributed by atoms with E-state index >= 15 is 0 Å². The topological polar surface area (TPSA) is 13.1 Å². The standard InChI is InChI=1S/C16H12O/c1-2-6-12-11(5-1)9-10-15-16(12)13-7-3-4-8-14(13)17-15/h1-3,5-7,9-10H,4,8H2. The number of hydrogen-bond acceptors (Lipinski definition) is 1. The number of benzene rings is 2. The van der Waals surface area contributed by atoms with Gasteiger partial charge in [0.1, 0.15) is 11.3 Å². The Morgan fingerprint density at radius 1 is 1.00 bits per heavy atom. The van der Waals surface area contributed by atoms with Crippen LogP contribution in [0.5, 0.6) is 0 Å². The van der Waals surface area contributed by atoms with Crippen LogP contribution in [0.1, 0.15) is 17.7 Å². The van der Waals surface area contributed by atoms with Gasteiger partial charge in [0.2, 0.25) is 0 Å². The Morgan fingerprint density at radius 3 is 2.94 bits per heavy atom. The second-order valence-corrected chi connectivity index (χ2v) is 4.54. The summed E-state index contributed by atoms with van der Waals surface area (Å²) in [4.78, 5) is 0. The summed E-state index contributed by atoms with van der Waals surface area (Å²) < 4.78 is 5.95. The quantitative estimate of drug-likeness (QED) is 0.542. The summed E-state index contributed by atoms with van der Waals surface area (Å²) in [5, 5.41) is 3.85. The molecule has 82 valence electrons. The summed E-state index contributed by atoms with van der Waals surface area (Å²) in [7, 11) is 0. The molecule has 1 heterocycles. The molecule has 1 aliphatic carbocycles. The molecule has 2 aromatic carbocycles. The monoisotopic (exact) mass is 220 g/mol. The Bertz CT molecular complexity index is 747. The molecule has 0 saturated carbocycles. The van der Waals surface area contributed by atoms with E-state index in [1.165, 1.54) is 21.7 Å². The predicted octanol–water partition coefficient (Wildman–Crippen LogP) is 4.55. The molecule has 0 bridgehead atoms. The number of allylic oxidation sites excluding steroid dienone is 1. The normalized spacial score (nSPS) is 14.4. The third-order valence-electron chi connectivity index (χ3n) is 3.52. The first-order chi connectivity index (χ1) is 8.43. The van der Waals surface area contributed by atoms with Crippen molar-refractivity contribution in [1.29, 1.82) is 0 Å². The van der Waals surface area contributed by atoms with E-state index in [9.17, 15) is 0 Å². The van der Waals surface area contributed by atoms with Crippen molar-refractivity contribution < 1.29 is 4.42 Å². The van der Waals surface area contributed by atoms with Crippen molar-refractivity contribution in [2.24, 2.45) is 0 Å². The Hall–Kier alpha value is -2.02. The van der Waals surface area contributed by atoms with Gasteiger partial charge in [0.05, 0.1) is 0 Å². The van der Waals surface area contributed by atoms with E-state index in [0.717, 1.165) is 24.2 Å². The van der Waals surface area contributed by atoms with E-state index in [-0.39, 0.29) is 0 Å². The highest BCUT2D eigenvalue weighted by atomic mass is 16.3. The number of fused-ring (bicyclic) bond motifs is 5. The van der Waals surface area contributed by atoms with Gasteiger partial charge in [-0.25, -0.2) is 0 Å². The Balaban J connectivity index is 2.25. The van der Waals surface area contributed by atoms with E-state index in [1.54, 1.807) is 0 Å². The van der Waals surface area contributed by atoms with Crippen LogP contribution in [0.2, 0.25) is 0 Å². The lowest BCUT2D eigenvalue weighted by Gasteiger charge is -2.03. The summed E-state index contributed by atoms with van der Waals surface area (Å²) in [5.74, 6) is 1.14. The van der Waals surface area contributed by atoms with Crippen molar-refractivity contribution >= 4 is 27.8 Å². The molecule has 1 aromatic heterocycles. The summed E-state index contributed by atoms with van der Waals surface area (Å²) in [6.07, 6.45) is 6.55. The van der Waals surface area contributed by atoms with Crippen molar-refractivity contribution in [2.75, 3.05) is 0 Å². The fourth-order valence-electron chi connectivity index (χ4n) is 2.72. The maximum absolute atomic E-state index is 5.95. The van der Waals surface area contributed by atoms with Gasteiger partial charge in [-0.15, -0.1) is 0 Å². The van der Waals surface area contributed by atoms with Crippen LogP contribution in [-0.4, -0.2) is 0 Å². The molecule has 0 fully saturated rings. The molecular formula is C16H12O. The van der Waals surface area contributed by atoms with Gasteiger partial charge < -0.3 is 4.42 Å². The molecule has 0 unspecified atom stereocenters. The second-order valence-electron chi connectivity index (χ2n) is 4.54. The lowest BCUT2D eigenvalue weighted by molar-refractivity contribution is 0.546. The minimum Gasteiger partial charge on any atom is -0.460 e. The van der Waals surface area contributed by atoms with Gasteiger partial charge in [0.25, 0.3) is 0 Å². The van der Waals surface area contributed by atoms with Crippen molar-refractivity contribution in [2.45, 2.75) is 12.8 Å². The molecule has 0 atom stereocenters. The fraction of sp³-hybridized carbons (Fsp3) is 0.125. The van der Waals surface area contributed by atoms with Gasteiger partial charge in [-0.2, -0.15) is 0 Å². The lowest BCUT2D eigenvalue weighted by Crippen LogP contribution is -1.88. The van der Waals surface area contributed by atoms with Crippen LogP contribution in [0.4, 0.5) is 0 Å². The number of aryl methyl sites for hydroxylation is 1. The molecule has 17 heavy (non-hydrogen) atoms. The zero-order chi connectivity index (χ0) is 11.2. The molecule has 0 spiro atoms. The van der Waals surface area contributed by atoms with Crippen molar-refractivity contribution in [3.63, 3.8) is 0 Å². The molecule has 0 radical (unpaired) electrons. The summed E-state index contributed by atoms with van der Waals surface area (Å²) in [6.45, 7) is 0. The van der Waals surface area contributed by atoms with Crippen molar-refractivity contribution in [1.82, 2.24) is 0 Å². The minimum absolute atomic E-state index is 1.01. The summed E-state index contributed by atoms with van der Waals surface area (Å²) >= 11 is 0. The van der Waals surface area contributed by atoms with Gasteiger partial charge in [-0.1, -0.05) is 42.5 Å². The van der Waals surface area contributed by atoms with Gasteiger partial charge in [-0.3, -0.25) is 0 Å². The van der Waals surface area contributed by atoms with E-state index in [0.29, 0.717) is 0 Å². The van der Waals surface area contributed by atoms with Crippen molar-refractivity contribution in [3.05, 3.63) is 53.8 Å². The van der Waals surface area contributed by atoms with Gasteiger partial charge >= 0.3 is 0 Å². The first-order valence-corrected chi connectivity index (χ1v) is 6.03. The van der Waals surface area contributed by atoms with Gasteiger partial charge in [-0.05, 0) is 23.3 Å². The van der Waals surface area contributed by atoms with Crippen LogP contribution >= 0.6 is 0 Å². The Kier molecular flexibility index (Phi) is 1.72. The highest BCUT2D eigenvalue weighted by Crippen LogP contribution is 2.35. The molecule has 0 saturated heterocycles. The molecular weight excluding hydrogens is 208 g/mol. The SMILES string of the molecule is C1=Cc2c(oc3ccc4ccccc4c23)CC1. The fourth-order valence-corrected chi connectivity index (χ4v) is 2.72. The average molecular weight is 220 g/mol. The third kappa shape index (κ3) is 1.19. The second kappa shape index (κ2) is 3.24. The lowest BCUT2D eigenvalue weighted by atomic mass is 9.98. The zero-order valence-electron chi connectivity index (χ0n) is 9.44. The van der Waals surface area contributed by atoms with Crippen LogP contribution < -0.4 is 0 Å². The molecule has 0 N–H and O–H groups in total. The molecule has 3 aromatic rings. The number of furan rings is 1. The van der Waals surface area contributed by atoms with Crippen LogP contribution in [-0.2, 0) is 6.42 Å². The molecule has 0 aliphatic heterocycles. The Morgan fingerprint density at radius 2 is 1.94 bits per heavy atom.